The van der Waals surface area contributed by atoms with E-state index < -0.39 is 17.7 Å². The van der Waals surface area contributed by atoms with Crippen molar-refractivity contribution in [3.8, 4) is 11.5 Å². The third-order valence-electron chi connectivity index (χ3n) is 4.99. The standard InChI is InChI=1S/C20H28N2O5/c1-20(2,3)27-19(24)22-14-7-9-16(22)18(23)21(12-14)11-13-6-8-15(25-4)10-17(13)26-5/h6,8,10,14,16H,7,9,11-12H2,1-5H3/t14-,16+/m0/s1. The van der Waals surface area contributed by atoms with Crippen molar-refractivity contribution in [3.63, 3.8) is 0 Å². The number of carbonyl (C=O) groups excluding carboxylic acids is 2. The number of ether oxygens (including phenoxy) is 3. The molecule has 2 bridgehead atoms. The van der Waals surface area contributed by atoms with E-state index in [1.807, 2.05) is 43.9 Å². The third-order valence-corrected chi connectivity index (χ3v) is 4.99. The van der Waals surface area contributed by atoms with Gasteiger partial charge in [0.15, 0.2) is 0 Å². The molecular weight excluding hydrogens is 348 g/mol. The molecule has 7 nitrogen and oxygen atoms in total. The van der Waals surface area contributed by atoms with Gasteiger partial charge in [0, 0.05) is 24.7 Å². The van der Waals surface area contributed by atoms with Crippen LogP contribution >= 0.6 is 0 Å². The minimum absolute atomic E-state index is 0.00760. The van der Waals surface area contributed by atoms with Gasteiger partial charge in [-0.15, -0.1) is 0 Å². The van der Waals surface area contributed by atoms with Crippen molar-refractivity contribution in [2.75, 3.05) is 20.8 Å². The Morgan fingerprint density at radius 3 is 2.56 bits per heavy atom. The number of hydrogen-bond donors (Lipinski definition) is 0. The molecule has 2 atom stereocenters. The first-order valence-corrected chi connectivity index (χ1v) is 9.24. The molecule has 0 saturated carbocycles. The largest absolute Gasteiger partial charge is 0.497 e. The fraction of sp³-hybridized carbons (Fsp3) is 0.600. The van der Waals surface area contributed by atoms with E-state index >= 15 is 0 Å². The Hall–Kier alpha value is -2.44. The number of benzene rings is 1. The second-order valence-corrected chi connectivity index (χ2v) is 8.03. The van der Waals surface area contributed by atoms with Crippen LogP contribution in [0, 0.1) is 0 Å². The fourth-order valence-corrected chi connectivity index (χ4v) is 3.78. The van der Waals surface area contributed by atoms with Crippen molar-refractivity contribution < 1.29 is 23.8 Å². The van der Waals surface area contributed by atoms with E-state index in [1.165, 1.54) is 0 Å². The molecule has 2 fully saturated rings. The van der Waals surface area contributed by atoms with Crippen LogP contribution in [0.25, 0.3) is 0 Å². The maximum atomic E-state index is 13.0. The molecule has 2 amide bonds. The summed E-state index contributed by atoms with van der Waals surface area (Å²) in [5, 5.41) is 0. The number of likely N-dealkylation sites (tertiary alicyclic amines) is 1. The van der Waals surface area contributed by atoms with Crippen molar-refractivity contribution >= 4 is 12.0 Å². The van der Waals surface area contributed by atoms with Crippen LogP contribution in [0.15, 0.2) is 18.2 Å². The number of fused-ring (bicyclic) bond motifs is 2. The average Bonchev–Trinajstić information content (AvgIpc) is 2.96. The minimum atomic E-state index is -0.576. The van der Waals surface area contributed by atoms with E-state index in [9.17, 15) is 9.59 Å². The number of rotatable bonds is 4. The van der Waals surface area contributed by atoms with Gasteiger partial charge >= 0.3 is 6.09 Å². The molecule has 0 aromatic heterocycles. The maximum Gasteiger partial charge on any atom is 0.411 e. The molecular formula is C20H28N2O5. The highest BCUT2D eigenvalue weighted by molar-refractivity contribution is 5.88. The first kappa shape index (κ1) is 19.3. The molecule has 0 unspecified atom stereocenters. The number of hydrogen-bond acceptors (Lipinski definition) is 5. The molecule has 0 aliphatic carbocycles. The monoisotopic (exact) mass is 376 g/mol. The molecule has 2 aliphatic rings. The van der Waals surface area contributed by atoms with E-state index in [0.29, 0.717) is 31.0 Å². The maximum absolute atomic E-state index is 13.0. The highest BCUT2D eigenvalue weighted by Gasteiger charge is 2.49. The van der Waals surface area contributed by atoms with Gasteiger partial charge in [0.25, 0.3) is 0 Å². The Balaban J connectivity index is 1.75. The molecule has 2 heterocycles. The average molecular weight is 376 g/mol. The molecule has 3 rings (SSSR count). The van der Waals surface area contributed by atoms with Crippen molar-refractivity contribution in [1.29, 1.82) is 0 Å². The van der Waals surface area contributed by atoms with Crippen LogP contribution in [0.2, 0.25) is 0 Å². The Bertz CT molecular complexity index is 728. The number of amides is 2. The Morgan fingerprint density at radius 2 is 1.93 bits per heavy atom. The zero-order chi connectivity index (χ0) is 19.8. The van der Waals surface area contributed by atoms with E-state index in [0.717, 1.165) is 12.0 Å². The molecule has 2 saturated heterocycles. The lowest BCUT2D eigenvalue weighted by Crippen LogP contribution is -2.59. The molecule has 27 heavy (non-hydrogen) atoms. The lowest BCUT2D eigenvalue weighted by molar-refractivity contribution is -0.141. The summed E-state index contributed by atoms with van der Waals surface area (Å²) in [6.45, 7) is 6.45. The fourth-order valence-electron chi connectivity index (χ4n) is 3.78. The number of methoxy groups -OCH3 is 2. The van der Waals surface area contributed by atoms with E-state index in [1.54, 1.807) is 19.1 Å². The summed E-state index contributed by atoms with van der Waals surface area (Å²) < 4.78 is 16.2. The van der Waals surface area contributed by atoms with E-state index in [4.69, 9.17) is 14.2 Å². The van der Waals surface area contributed by atoms with Gasteiger partial charge in [-0.2, -0.15) is 0 Å². The second kappa shape index (κ2) is 7.29. The Morgan fingerprint density at radius 1 is 1.19 bits per heavy atom. The normalized spacial score (nSPS) is 22.0. The van der Waals surface area contributed by atoms with Crippen LogP contribution in [-0.4, -0.2) is 60.2 Å². The summed E-state index contributed by atoms with van der Waals surface area (Å²) in [6, 6.07) is 5.13. The predicted octanol–water partition coefficient (Wildman–Crippen LogP) is 2.81. The smallest absolute Gasteiger partial charge is 0.411 e. The van der Waals surface area contributed by atoms with Gasteiger partial charge in [-0.25, -0.2) is 4.79 Å². The van der Waals surface area contributed by atoms with Crippen LogP contribution < -0.4 is 9.47 Å². The quantitative estimate of drug-likeness (QED) is 0.808. The van der Waals surface area contributed by atoms with Crippen LogP contribution in [0.4, 0.5) is 4.79 Å². The topological polar surface area (TPSA) is 68.3 Å². The molecule has 0 N–H and O–H groups in total. The first-order valence-electron chi connectivity index (χ1n) is 9.24. The zero-order valence-corrected chi connectivity index (χ0v) is 16.7. The van der Waals surface area contributed by atoms with Gasteiger partial charge in [-0.3, -0.25) is 9.69 Å². The minimum Gasteiger partial charge on any atom is -0.497 e. The molecule has 1 aromatic carbocycles. The SMILES string of the molecule is COc1ccc(CN2C[C@@H]3CC[C@H](C2=O)N3C(=O)OC(C)(C)C)c(OC)c1. The van der Waals surface area contributed by atoms with Crippen molar-refractivity contribution in [2.24, 2.45) is 0 Å². The first-order chi connectivity index (χ1) is 12.7. The highest BCUT2D eigenvalue weighted by atomic mass is 16.6. The molecule has 2 aliphatic heterocycles. The molecule has 1 aromatic rings. The predicted molar refractivity (Wildman–Crippen MR) is 99.8 cm³/mol. The van der Waals surface area contributed by atoms with Crippen LogP contribution in [0.1, 0.15) is 39.2 Å². The third kappa shape index (κ3) is 3.96. The van der Waals surface area contributed by atoms with Crippen LogP contribution in [-0.2, 0) is 16.1 Å². The summed E-state index contributed by atoms with van der Waals surface area (Å²) >= 11 is 0. The number of nitrogens with zero attached hydrogens (tertiary/aromatic N) is 2. The summed E-state index contributed by atoms with van der Waals surface area (Å²) in [7, 11) is 3.20. The zero-order valence-electron chi connectivity index (χ0n) is 16.7. The number of carbonyl (C=O) groups is 2. The van der Waals surface area contributed by atoms with Gasteiger partial charge < -0.3 is 19.1 Å². The lowest BCUT2D eigenvalue weighted by atomic mass is 10.1. The van der Waals surface area contributed by atoms with Gasteiger partial charge in [0.2, 0.25) is 5.91 Å². The highest BCUT2D eigenvalue weighted by Crippen LogP contribution is 2.34. The van der Waals surface area contributed by atoms with E-state index in [2.05, 4.69) is 0 Å². The lowest BCUT2D eigenvalue weighted by Gasteiger charge is -2.40. The Kier molecular flexibility index (Phi) is 5.22. The summed E-state index contributed by atoms with van der Waals surface area (Å²) in [5.74, 6) is 1.35. The summed E-state index contributed by atoms with van der Waals surface area (Å²) in [4.78, 5) is 29.0. The van der Waals surface area contributed by atoms with Crippen molar-refractivity contribution in [2.45, 2.75) is 57.8 Å². The van der Waals surface area contributed by atoms with Crippen molar-refractivity contribution in [1.82, 2.24) is 9.80 Å². The second-order valence-electron chi connectivity index (χ2n) is 8.03. The Labute approximate surface area is 160 Å². The number of piperazine rings is 1. The van der Waals surface area contributed by atoms with Gasteiger partial charge in [0.1, 0.15) is 23.1 Å². The molecule has 0 spiro atoms. The summed E-state index contributed by atoms with van der Waals surface area (Å²) in [5.41, 5.74) is 0.337. The summed E-state index contributed by atoms with van der Waals surface area (Å²) in [6.07, 6.45) is 1.09. The van der Waals surface area contributed by atoms with Gasteiger partial charge in [0.05, 0.1) is 20.3 Å². The van der Waals surface area contributed by atoms with Gasteiger partial charge in [-0.05, 0) is 45.7 Å². The van der Waals surface area contributed by atoms with Gasteiger partial charge in [-0.1, -0.05) is 0 Å². The molecule has 0 radical (unpaired) electrons. The van der Waals surface area contributed by atoms with Crippen LogP contribution in [0.5, 0.6) is 11.5 Å². The molecule has 7 heteroatoms. The van der Waals surface area contributed by atoms with Crippen LogP contribution in [0.3, 0.4) is 0 Å². The molecule has 148 valence electrons. The van der Waals surface area contributed by atoms with E-state index in [-0.39, 0.29) is 11.9 Å². The van der Waals surface area contributed by atoms with Crippen molar-refractivity contribution in [3.05, 3.63) is 23.8 Å².